The van der Waals surface area contributed by atoms with Crippen molar-refractivity contribution in [3.8, 4) is 0 Å². The van der Waals surface area contributed by atoms with Crippen LogP contribution >= 0.6 is 0 Å². The van der Waals surface area contributed by atoms with E-state index in [1.807, 2.05) is 0 Å². The molecule has 1 fully saturated rings. The van der Waals surface area contributed by atoms with Crippen LogP contribution in [0.4, 0.5) is 0 Å². The van der Waals surface area contributed by atoms with Crippen molar-refractivity contribution in [2.75, 3.05) is 0 Å². The summed E-state index contributed by atoms with van der Waals surface area (Å²) in [7, 11) is 0. The Balaban J connectivity index is 2.44. The molecule has 1 saturated carbocycles. The lowest BCUT2D eigenvalue weighted by molar-refractivity contribution is 0.211. The van der Waals surface area contributed by atoms with E-state index in [0.29, 0.717) is 6.04 Å². The van der Waals surface area contributed by atoms with Crippen LogP contribution in [-0.2, 0) is 0 Å². The summed E-state index contributed by atoms with van der Waals surface area (Å²) in [5, 5.41) is 0. The van der Waals surface area contributed by atoms with Crippen molar-refractivity contribution >= 4 is 0 Å². The quantitative estimate of drug-likeness (QED) is 0.705. The van der Waals surface area contributed by atoms with E-state index >= 15 is 0 Å². The smallest absolute Gasteiger partial charge is 0.0171 e. The summed E-state index contributed by atoms with van der Waals surface area (Å²) in [6, 6.07) is 0.301. The van der Waals surface area contributed by atoms with Crippen LogP contribution < -0.4 is 11.5 Å². The number of hydrogen-bond donors (Lipinski definition) is 2. The van der Waals surface area contributed by atoms with Gasteiger partial charge < -0.3 is 11.5 Å². The fourth-order valence-corrected chi connectivity index (χ4v) is 2.55. The van der Waals surface area contributed by atoms with Gasteiger partial charge in [-0.1, -0.05) is 26.7 Å². The van der Waals surface area contributed by atoms with Gasteiger partial charge in [-0.2, -0.15) is 0 Å². The highest BCUT2D eigenvalue weighted by Crippen LogP contribution is 2.33. The Hall–Kier alpha value is -0.0800. The van der Waals surface area contributed by atoms with Crippen molar-refractivity contribution in [3.05, 3.63) is 0 Å². The van der Waals surface area contributed by atoms with Gasteiger partial charge in [-0.05, 0) is 31.6 Å². The SMILES string of the molecule is CCC(N)CC1(N)CCCC(C)C1. The zero-order valence-electron chi connectivity index (χ0n) is 9.05. The molecule has 2 heteroatoms. The van der Waals surface area contributed by atoms with Gasteiger partial charge in [0.15, 0.2) is 0 Å². The Morgan fingerprint density at radius 2 is 2.23 bits per heavy atom. The summed E-state index contributed by atoms with van der Waals surface area (Å²) in [6.07, 6.45) is 7.03. The molecule has 4 N–H and O–H groups in total. The van der Waals surface area contributed by atoms with E-state index in [2.05, 4.69) is 13.8 Å². The molecule has 0 aromatic rings. The van der Waals surface area contributed by atoms with E-state index in [9.17, 15) is 0 Å². The maximum atomic E-state index is 6.35. The summed E-state index contributed by atoms with van der Waals surface area (Å²) in [5.41, 5.74) is 12.3. The first-order valence-corrected chi connectivity index (χ1v) is 5.60. The molecule has 1 rings (SSSR count). The fourth-order valence-electron chi connectivity index (χ4n) is 2.55. The van der Waals surface area contributed by atoms with E-state index in [4.69, 9.17) is 11.5 Å². The summed E-state index contributed by atoms with van der Waals surface area (Å²) >= 11 is 0. The van der Waals surface area contributed by atoms with Crippen molar-refractivity contribution < 1.29 is 0 Å². The summed E-state index contributed by atoms with van der Waals surface area (Å²) in [6.45, 7) is 4.44. The molecule has 3 atom stereocenters. The normalized spacial score (nSPS) is 37.4. The highest BCUT2D eigenvalue weighted by molar-refractivity contribution is 4.92. The van der Waals surface area contributed by atoms with E-state index in [1.165, 1.54) is 25.7 Å². The van der Waals surface area contributed by atoms with Gasteiger partial charge in [-0.15, -0.1) is 0 Å². The monoisotopic (exact) mass is 184 g/mol. The lowest BCUT2D eigenvalue weighted by Crippen LogP contribution is -2.47. The first-order chi connectivity index (χ1) is 6.06. The van der Waals surface area contributed by atoms with Gasteiger partial charge in [0.05, 0.1) is 0 Å². The third-order valence-corrected chi connectivity index (χ3v) is 3.32. The Bertz CT molecular complexity index is 158. The van der Waals surface area contributed by atoms with Gasteiger partial charge in [0.2, 0.25) is 0 Å². The summed E-state index contributed by atoms with van der Waals surface area (Å²) < 4.78 is 0. The maximum absolute atomic E-state index is 6.35. The molecule has 0 spiro atoms. The van der Waals surface area contributed by atoms with E-state index in [-0.39, 0.29) is 5.54 Å². The standard InChI is InChI=1S/C11H24N2/c1-3-10(12)8-11(13)6-4-5-9(2)7-11/h9-10H,3-8,12-13H2,1-2H3. The number of hydrogen-bond acceptors (Lipinski definition) is 2. The van der Waals surface area contributed by atoms with Crippen LogP contribution in [-0.4, -0.2) is 11.6 Å². The van der Waals surface area contributed by atoms with Gasteiger partial charge in [-0.25, -0.2) is 0 Å². The van der Waals surface area contributed by atoms with Crippen molar-refractivity contribution in [2.24, 2.45) is 17.4 Å². The van der Waals surface area contributed by atoms with Crippen LogP contribution in [0.5, 0.6) is 0 Å². The first kappa shape index (κ1) is 11.0. The predicted molar refractivity (Wildman–Crippen MR) is 57.4 cm³/mol. The Morgan fingerprint density at radius 1 is 1.54 bits per heavy atom. The van der Waals surface area contributed by atoms with Crippen LogP contribution in [0.1, 0.15) is 52.4 Å². The lowest BCUT2D eigenvalue weighted by Gasteiger charge is -2.38. The molecule has 0 radical (unpaired) electrons. The Labute approximate surface area is 82.1 Å². The van der Waals surface area contributed by atoms with Crippen molar-refractivity contribution in [1.29, 1.82) is 0 Å². The van der Waals surface area contributed by atoms with Crippen LogP contribution in [0.15, 0.2) is 0 Å². The third kappa shape index (κ3) is 3.28. The first-order valence-electron chi connectivity index (χ1n) is 5.60. The van der Waals surface area contributed by atoms with Crippen LogP contribution in [0, 0.1) is 5.92 Å². The van der Waals surface area contributed by atoms with Crippen molar-refractivity contribution in [1.82, 2.24) is 0 Å². The third-order valence-electron chi connectivity index (χ3n) is 3.32. The minimum Gasteiger partial charge on any atom is -0.328 e. The molecular formula is C11H24N2. The molecule has 0 saturated heterocycles. The average molecular weight is 184 g/mol. The lowest BCUT2D eigenvalue weighted by atomic mass is 9.74. The van der Waals surface area contributed by atoms with Gasteiger partial charge in [0.1, 0.15) is 0 Å². The Morgan fingerprint density at radius 3 is 2.77 bits per heavy atom. The largest absolute Gasteiger partial charge is 0.328 e. The molecular weight excluding hydrogens is 160 g/mol. The van der Waals surface area contributed by atoms with Crippen LogP contribution in [0.25, 0.3) is 0 Å². The van der Waals surface area contributed by atoms with Crippen molar-refractivity contribution in [3.63, 3.8) is 0 Å². The molecule has 0 heterocycles. The summed E-state index contributed by atoms with van der Waals surface area (Å²) in [5.74, 6) is 0.794. The molecule has 78 valence electrons. The molecule has 0 aromatic carbocycles. The van der Waals surface area contributed by atoms with Gasteiger partial charge in [-0.3, -0.25) is 0 Å². The molecule has 13 heavy (non-hydrogen) atoms. The number of rotatable bonds is 3. The molecule has 0 bridgehead atoms. The van der Waals surface area contributed by atoms with Gasteiger partial charge in [0, 0.05) is 11.6 Å². The van der Waals surface area contributed by atoms with Crippen LogP contribution in [0.3, 0.4) is 0 Å². The zero-order valence-corrected chi connectivity index (χ0v) is 9.05. The summed E-state index contributed by atoms with van der Waals surface area (Å²) in [4.78, 5) is 0. The number of nitrogens with two attached hydrogens (primary N) is 2. The highest BCUT2D eigenvalue weighted by Gasteiger charge is 2.31. The molecule has 0 amide bonds. The predicted octanol–water partition coefficient (Wildman–Crippen LogP) is 2.02. The zero-order chi connectivity index (χ0) is 9.90. The van der Waals surface area contributed by atoms with Crippen molar-refractivity contribution in [2.45, 2.75) is 64.0 Å². The fraction of sp³-hybridized carbons (Fsp3) is 1.00. The second-order valence-corrected chi connectivity index (χ2v) is 4.94. The molecule has 3 unspecified atom stereocenters. The van der Waals surface area contributed by atoms with E-state index < -0.39 is 0 Å². The maximum Gasteiger partial charge on any atom is 0.0171 e. The second-order valence-electron chi connectivity index (χ2n) is 4.94. The molecule has 2 nitrogen and oxygen atoms in total. The van der Waals surface area contributed by atoms with Crippen LogP contribution in [0.2, 0.25) is 0 Å². The van der Waals surface area contributed by atoms with Gasteiger partial charge in [0.25, 0.3) is 0 Å². The highest BCUT2D eigenvalue weighted by atomic mass is 14.8. The minimum atomic E-state index is 0.0487. The van der Waals surface area contributed by atoms with Gasteiger partial charge >= 0.3 is 0 Å². The average Bonchev–Trinajstić information content (AvgIpc) is 2.02. The topological polar surface area (TPSA) is 52.0 Å². The van der Waals surface area contributed by atoms with E-state index in [1.54, 1.807) is 0 Å². The Kier molecular flexibility index (Phi) is 3.74. The molecule has 1 aliphatic rings. The minimum absolute atomic E-state index is 0.0487. The molecule has 0 aromatic heterocycles. The molecule has 1 aliphatic carbocycles. The molecule has 0 aliphatic heterocycles. The second kappa shape index (κ2) is 4.43. The van der Waals surface area contributed by atoms with E-state index in [0.717, 1.165) is 18.8 Å².